The number of aryl methyl sites for hydroxylation is 1. The third-order valence-corrected chi connectivity index (χ3v) is 3.42. The molecule has 3 nitrogen and oxygen atoms in total. The van der Waals surface area contributed by atoms with Gasteiger partial charge in [0.15, 0.2) is 0 Å². The van der Waals surface area contributed by atoms with E-state index < -0.39 is 0 Å². The van der Waals surface area contributed by atoms with E-state index in [-0.39, 0.29) is 0 Å². The summed E-state index contributed by atoms with van der Waals surface area (Å²) in [4.78, 5) is 0. The molecule has 1 N–H and O–H groups in total. The van der Waals surface area contributed by atoms with E-state index in [0.29, 0.717) is 6.04 Å². The first-order valence-corrected chi connectivity index (χ1v) is 6.08. The van der Waals surface area contributed by atoms with Crippen molar-refractivity contribution >= 4 is 5.69 Å². The molecule has 3 heteroatoms. The van der Waals surface area contributed by atoms with Gasteiger partial charge in [-0.2, -0.15) is 5.10 Å². The van der Waals surface area contributed by atoms with Gasteiger partial charge in [0.1, 0.15) is 0 Å². The molecule has 0 unspecified atom stereocenters. The molecule has 2 rings (SSSR count). The average Bonchev–Trinajstić information content (AvgIpc) is 2.69. The van der Waals surface area contributed by atoms with E-state index in [1.807, 2.05) is 10.9 Å². The lowest BCUT2D eigenvalue weighted by atomic mass is 9.86. The standard InChI is InChI=1S/C12H21N3/c1-3-15-9-11(8-13-15)14-12-7-5-4-6-10(12)2/h8-10,12,14H,3-7H2,1-2H3/t10-,12+/m0/s1. The Morgan fingerprint density at radius 3 is 2.93 bits per heavy atom. The summed E-state index contributed by atoms with van der Waals surface area (Å²) >= 11 is 0. The highest BCUT2D eigenvalue weighted by molar-refractivity contribution is 5.39. The SMILES string of the molecule is CCn1cc(N[C@@H]2CCCC[C@@H]2C)cn1. The van der Waals surface area contributed by atoms with Gasteiger partial charge in [0.05, 0.1) is 11.9 Å². The lowest BCUT2D eigenvalue weighted by Crippen LogP contribution is -2.30. The van der Waals surface area contributed by atoms with Gasteiger partial charge in [0.2, 0.25) is 0 Å². The number of hydrogen-bond donors (Lipinski definition) is 1. The fourth-order valence-electron chi connectivity index (χ4n) is 2.36. The van der Waals surface area contributed by atoms with Crippen molar-refractivity contribution in [2.75, 3.05) is 5.32 Å². The van der Waals surface area contributed by atoms with Gasteiger partial charge in [-0.25, -0.2) is 0 Å². The number of nitrogens with zero attached hydrogens (tertiary/aromatic N) is 2. The minimum absolute atomic E-state index is 0.647. The predicted octanol–water partition coefficient (Wildman–Crippen LogP) is 2.89. The van der Waals surface area contributed by atoms with Crippen LogP contribution in [0.25, 0.3) is 0 Å². The van der Waals surface area contributed by atoms with Crippen molar-refractivity contribution in [3.8, 4) is 0 Å². The fraction of sp³-hybridized carbons (Fsp3) is 0.750. The molecule has 1 aromatic heterocycles. The molecule has 15 heavy (non-hydrogen) atoms. The monoisotopic (exact) mass is 207 g/mol. The summed E-state index contributed by atoms with van der Waals surface area (Å²) in [6, 6.07) is 0.647. The molecule has 1 fully saturated rings. The molecule has 0 spiro atoms. The zero-order valence-electron chi connectivity index (χ0n) is 9.74. The number of nitrogens with one attached hydrogen (secondary N) is 1. The Balaban J connectivity index is 1.95. The molecular formula is C12H21N3. The van der Waals surface area contributed by atoms with E-state index in [1.54, 1.807) is 0 Å². The van der Waals surface area contributed by atoms with E-state index in [9.17, 15) is 0 Å². The third-order valence-electron chi connectivity index (χ3n) is 3.42. The minimum Gasteiger partial charge on any atom is -0.380 e. The minimum atomic E-state index is 0.647. The normalized spacial score (nSPS) is 26.5. The quantitative estimate of drug-likeness (QED) is 0.826. The molecule has 1 heterocycles. The molecule has 1 aromatic rings. The second-order valence-electron chi connectivity index (χ2n) is 4.60. The Labute approximate surface area is 91.9 Å². The van der Waals surface area contributed by atoms with Gasteiger partial charge < -0.3 is 5.32 Å². The predicted molar refractivity (Wildman–Crippen MR) is 62.9 cm³/mol. The number of hydrogen-bond acceptors (Lipinski definition) is 2. The fourth-order valence-corrected chi connectivity index (χ4v) is 2.36. The van der Waals surface area contributed by atoms with Crippen molar-refractivity contribution in [1.82, 2.24) is 9.78 Å². The maximum absolute atomic E-state index is 4.28. The summed E-state index contributed by atoms with van der Waals surface area (Å²) in [6.45, 7) is 5.41. The number of anilines is 1. The van der Waals surface area contributed by atoms with E-state index in [0.717, 1.165) is 12.5 Å². The van der Waals surface area contributed by atoms with Crippen LogP contribution in [0.4, 0.5) is 5.69 Å². The van der Waals surface area contributed by atoms with Crippen molar-refractivity contribution in [2.45, 2.75) is 52.1 Å². The molecule has 1 saturated carbocycles. The Hall–Kier alpha value is -0.990. The van der Waals surface area contributed by atoms with Crippen LogP contribution in [0.3, 0.4) is 0 Å². The topological polar surface area (TPSA) is 29.9 Å². The van der Waals surface area contributed by atoms with Gasteiger partial charge in [-0.05, 0) is 25.7 Å². The lowest BCUT2D eigenvalue weighted by molar-refractivity contribution is 0.349. The molecule has 0 amide bonds. The summed E-state index contributed by atoms with van der Waals surface area (Å²) < 4.78 is 1.97. The second-order valence-corrected chi connectivity index (χ2v) is 4.60. The van der Waals surface area contributed by atoms with Crippen LogP contribution < -0.4 is 5.32 Å². The Kier molecular flexibility index (Phi) is 3.29. The van der Waals surface area contributed by atoms with Crippen LogP contribution in [0.2, 0.25) is 0 Å². The van der Waals surface area contributed by atoms with Gasteiger partial charge in [-0.15, -0.1) is 0 Å². The zero-order chi connectivity index (χ0) is 10.7. The molecular weight excluding hydrogens is 186 g/mol. The highest BCUT2D eigenvalue weighted by Gasteiger charge is 2.21. The van der Waals surface area contributed by atoms with Crippen LogP contribution in [-0.2, 0) is 6.54 Å². The maximum Gasteiger partial charge on any atom is 0.0728 e. The van der Waals surface area contributed by atoms with Crippen molar-refractivity contribution in [3.63, 3.8) is 0 Å². The smallest absolute Gasteiger partial charge is 0.0728 e. The van der Waals surface area contributed by atoms with E-state index in [4.69, 9.17) is 0 Å². The van der Waals surface area contributed by atoms with Crippen LogP contribution >= 0.6 is 0 Å². The molecule has 1 aliphatic rings. The first-order valence-electron chi connectivity index (χ1n) is 6.08. The van der Waals surface area contributed by atoms with Crippen molar-refractivity contribution in [3.05, 3.63) is 12.4 Å². The Bertz CT molecular complexity index is 306. The highest BCUT2D eigenvalue weighted by Crippen LogP contribution is 2.26. The van der Waals surface area contributed by atoms with Crippen molar-refractivity contribution < 1.29 is 0 Å². The number of rotatable bonds is 3. The summed E-state index contributed by atoms with van der Waals surface area (Å²) in [5.41, 5.74) is 1.18. The number of aromatic nitrogens is 2. The second kappa shape index (κ2) is 4.69. The van der Waals surface area contributed by atoms with Crippen LogP contribution in [0.15, 0.2) is 12.4 Å². The summed E-state index contributed by atoms with van der Waals surface area (Å²) in [7, 11) is 0. The Morgan fingerprint density at radius 2 is 2.27 bits per heavy atom. The molecule has 0 aliphatic heterocycles. The van der Waals surface area contributed by atoms with Gasteiger partial charge in [0, 0.05) is 18.8 Å². The van der Waals surface area contributed by atoms with Gasteiger partial charge in [0.25, 0.3) is 0 Å². The van der Waals surface area contributed by atoms with Gasteiger partial charge in [-0.3, -0.25) is 4.68 Å². The molecule has 0 saturated heterocycles. The average molecular weight is 207 g/mol. The largest absolute Gasteiger partial charge is 0.380 e. The van der Waals surface area contributed by atoms with Crippen LogP contribution in [0, 0.1) is 5.92 Å². The summed E-state index contributed by atoms with van der Waals surface area (Å²) in [5, 5.41) is 7.88. The van der Waals surface area contributed by atoms with Crippen LogP contribution in [0.5, 0.6) is 0 Å². The van der Waals surface area contributed by atoms with E-state index in [1.165, 1.54) is 31.4 Å². The maximum atomic E-state index is 4.28. The van der Waals surface area contributed by atoms with Crippen LogP contribution in [0.1, 0.15) is 39.5 Å². The summed E-state index contributed by atoms with van der Waals surface area (Å²) in [5.74, 6) is 0.795. The van der Waals surface area contributed by atoms with Crippen molar-refractivity contribution in [1.29, 1.82) is 0 Å². The van der Waals surface area contributed by atoms with E-state index in [2.05, 4.69) is 30.5 Å². The van der Waals surface area contributed by atoms with Gasteiger partial charge in [-0.1, -0.05) is 19.8 Å². The first-order chi connectivity index (χ1) is 7.29. The first kappa shape index (κ1) is 10.5. The summed E-state index contributed by atoms with van der Waals surface area (Å²) in [6.07, 6.45) is 9.46. The highest BCUT2D eigenvalue weighted by atomic mass is 15.3. The lowest BCUT2D eigenvalue weighted by Gasteiger charge is -2.29. The molecule has 84 valence electrons. The van der Waals surface area contributed by atoms with Gasteiger partial charge >= 0.3 is 0 Å². The molecule has 0 aromatic carbocycles. The van der Waals surface area contributed by atoms with E-state index >= 15 is 0 Å². The molecule has 1 aliphatic carbocycles. The molecule has 0 bridgehead atoms. The molecule has 0 radical (unpaired) electrons. The Morgan fingerprint density at radius 1 is 1.47 bits per heavy atom. The third kappa shape index (κ3) is 2.52. The zero-order valence-corrected chi connectivity index (χ0v) is 9.74. The van der Waals surface area contributed by atoms with Crippen molar-refractivity contribution in [2.24, 2.45) is 5.92 Å². The molecule has 2 atom stereocenters. The van der Waals surface area contributed by atoms with Crippen LogP contribution in [-0.4, -0.2) is 15.8 Å².